The van der Waals surface area contributed by atoms with Crippen molar-refractivity contribution >= 4 is 27.3 Å². The Morgan fingerprint density at radius 2 is 1.92 bits per heavy atom. The molecule has 4 rings (SSSR count). The molecule has 0 N–H and O–H groups in total. The summed E-state index contributed by atoms with van der Waals surface area (Å²) in [6, 6.07) is 16.4. The number of ketones is 1. The van der Waals surface area contributed by atoms with Crippen LogP contribution in [-0.4, -0.2) is 30.3 Å². The lowest BCUT2D eigenvalue weighted by atomic mass is 9.89. The third kappa shape index (κ3) is 2.76. The van der Waals surface area contributed by atoms with E-state index in [-0.39, 0.29) is 5.78 Å². The van der Waals surface area contributed by atoms with Crippen LogP contribution in [0.4, 0.5) is 0 Å². The van der Waals surface area contributed by atoms with Crippen LogP contribution in [-0.2, 0) is 0 Å². The zero-order valence-electron chi connectivity index (χ0n) is 13.8. The van der Waals surface area contributed by atoms with Crippen LogP contribution in [0.15, 0.2) is 58.6 Å². The maximum Gasteiger partial charge on any atom is 0.176 e. The predicted molar refractivity (Wildman–Crippen MR) is 101 cm³/mol. The Morgan fingerprint density at radius 1 is 1.17 bits per heavy atom. The van der Waals surface area contributed by atoms with Gasteiger partial charge in [0.25, 0.3) is 0 Å². The maximum atomic E-state index is 12.6. The molecule has 122 valence electrons. The first-order chi connectivity index (χ1) is 11.6. The molecule has 2 nitrogen and oxygen atoms in total. The van der Waals surface area contributed by atoms with Crippen LogP contribution in [0.25, 0.3) is 5.57 Å². The van der Waals surface area contributed by atoms with Crippen molar-refractivity contribution in [1.29, 1.82) is 0 Å². The van der Waals surface area contributed by atoms with Crippen molar-refractivity contribution in [2.45, 2.75) is 19.3 Å². The van der Waals surface area contributed by atoms with E-state index in [0.717, 1.165) is 29.5 Å². The Kier molecular flexibility index (Phi) is 4.15. The first-order valence-electron chi connectivity index (χ1n) is 8.43. The minimum atomic E-state index is 0.206. The summed E-state index contributed by atoms with van der Waals surface area (Å²) < 4.78 is 1.00. The van der Waals surface area contributed by atoms with Crippen LogP contribution >= 0.6 is 15.9 Å². The van der Waals surface area contributed by atoms with E-state index in [9.17, 15) is 4.79 Å². The smallest absolute Gasteiger partial charge is 0.176 e. The van der Waals surface area contributed by atoms with E-state index in [2.05, 4.69) is 52.0 Å². The summed E-state index contributed by atoms with van der Waals surface area (Å²) in [4.78, 5) is 14.9. The maximum absolute atomic E-state index is 12.6. The number of piperidine rings is 1. The quantitative estimate of drug-likeness (QED) is 0.704. The summed E-state index contributed by atoms with van der Waals surface area (Å²) in [5, 5.41) is 0. The van der Waals surface area contributed by atoms with Gasteiger partial charge in [0.05, 0.1) is 6.54 Å². The number of benzene rings is 2. The van der Waals surface area contributed by atoms with Gasteiger partial charge in [0.2, 0.25) is 0 Å². The van der Waals surface area contributed by atoms with Gasteiger partial charge in [-0.3, -0.25) is 9.69 Å². The van der Waals surface area contributed by atoms with Gasteiger partial charge < -0.3 is 0 Å². The Balaban J connectivity index is 1.51. The molecule has 0 spiro atoms. The number of allylic oxidation sites excluding steroid dienone is 1. The molecule has 1 fully saturated rings. The third-order valence-corrected chi connectivity index (χ3v) is 5.84. The molecule has 1 unspecified atom stereocenters. The lowest BCUT2D eigenvalue weighted by Crippen LogP contribution is -2.38. The van der Waals surface area contributed by atoms with Crippen LogP contribution in [0.5, 0.6) is 0 Å². The van der Waals surface area contributed by atoms with Gasteiger partial charge in [-0.15, -0.1) is 0 Å². The fourth-order valence-corrected chi connectivity index (χ4v) is 4.30. The molecule has 1 atom stereocenters. The molecule has 2 aromatic carbocycles. The van der Waals surface area contributed by atoms with Gasteiger partial charge in [0, 0.05) is 29.0 Å². The second-order valence-electron chi connectivity index (χ2n) is 6.71. The number of nitrogens with zero attached hydrogens (tertiary/aromatic N) is 1. The second-order valence-corrected chi connectivity index (χ2v) is 7.62. The summed E-state index contributed by atoms with van der Waals surface area (Å²) in [6.07, 6.45) is 1.07. The Bertz CT molecular complexity index is 822. The molecule has 0 amide bonds. The van der Waals surface area contributed by atoms with Crippen molar-refractivity contribution in [1.82, 2.24) is 4.90 Å². The van der Waals surface area contributed by atoms with E-state index in [1.807, 2.05) is 24.3 Å². The van der Waals surface area contributed by atoms with Crippen LogP contribution in [0.1, 0.15) is 40.7 Å². The average Bonchev–Trinajstić information content (AvgIpc) is 2.88. The minimum Gasteiger partial charge on any atom is -0.295 e. The van der Waals surface area contributed by atoms with Crippen LogP contribution in [0, 0.1) is 0 Å². The van der Waals surface area contributed by atoms with E-state index < -0.39 is 0 Å². The van der Waals surface area contributed by atoms with Crippen molar-refractivity contribution < 1.29 is 4.79 Å². The molecule has 0 radical (unpaired) electrons. The lowest BCUT2D eigenvalue weighted by Gasteiger charge is -2.33. The molecule has 2 aliphatic rings. The number of fused-ring (bicyclic) bond motifs is 3. The third-order valence-electron chi connectivity index (χ3n) is 5.31. The minimum absolute atomic E-state index is 0.206. The first kappa shape index (κ1) is 15.8. The number of Topliss-reactive ketones (excluding diaryl/α,β-unsaturated/α-hetero) is 1. The molecular formula is C21H20BrNO. The van der Waals surface area contributed by atoms with E-state index in [4.69, 9.17) is 0 Å². The summed E-state index contributed by atoms with van der Waals surface area (Å²) in [7, 11) is 0. The van der Waals surface area contributed by atoms with Gasteiger partial charge in [-0.05, 0) is 42.2 Å². The molecule has 0 bridgehead atoms. The Morgan fingerprint density at radius 3 is 2.71 bits per heavy atom. The van der Waals surface area contributed by atoms with Crippen molar-refractivity contribution in [3.8, 4) is 0 Å². The number of rotatable bonds is 3. The Hall–Kier alpha value is -1.71. The fourth-order valence-electron chi connectivity index (χ4n) is 4.04. The van der Waals surface area contributed by atoms with Crippen molar-refractivity contribution in [3.05, 3.63) is 75.3 Å². The molecule has 3 heteroatoms. The molecule has 0 aromatic heterocycles. The standard InChI is InChI=1S/C21H20BrNO/c1-14-17-4-2-3-5-19(17)20-12-23(11-10-18(14)20)13-21(24)15-6-8-16(22)9-7-15/h2-9,20H,10-13H2,1H3. The van der Waals surface area contributed by atoms with E-state index >= 15 is 0 Å². The number of hydrogen-bond donors (Lipinski definition) is 0. The Labute approximate surface area is 151 Å². The van der Waals surface area contributed by atoms with Gasteiger partial charge in [-0.2, -0.15) is 0 Å². The summed E-state index contributed by atoms with van der Waals surface area (Å²) in [5.74, 6) is 0.672. The highest BCUT2D eigenvalue weighted by Gasteiger charge is 2.33. The summed E-state index contributed by atoms with van der Waals surface area (Å²) in [6.45, 7) is 4.68. The van der Waals surface area contributed by atoms with E-state index in [1.165, 1.54) is 16.7 Å². The number of carbonyl (C=O) groups is 1. The summed E-state index contributed by atoms with van der Waals surface area (Å²) >= 11 is 3.42. The molecule has 1 aliphatic heterocycles. The topological polar surface area (TPSA) is 20.3 Å². The monoisotopic (exact) mass is 381 g/mol. The highest BCUT2D eigenvalue weighted by atomic mass is 79.9. The predicted octanol–water partition coefficient (Wildman–Crippen LogP) is 4.91. The molecule has 1 aliphatic carbocycles. The van der Waals surface area contributed by atoms with Gasteiger partial charge in [-0.1, -0.05) is 57.9 Å². The normalized spacial score (nSPS) is 20.0. The molecule has 0 saturated carbocycles. The van der Waals surface area contributed by atoms with E-state index in [1.54, 1.807) is 5.57 Å². The molecule has 1 heterocycles. The highest BCUT2D eigenvalue weighted by molar-refractivity contribution is 9.10. The zero-order valence-corrected chi connectivity index (χ0v) is 15.3. The average molecular weight is 382 g/mol. The largest absolute Gasteiger partial charge is 0.295 e. The van der Waals surface area contributed by atoms with E-state index in [0.29, 0.717) is 12.5 Å². The van der Waals surface area contributed by atoms with Crippen LogP contribution in [0.3, 0.4) is 0 Å². The van der Waals surface area contributed by atoms with Gasteiger partial charge >= 0.3 is 0 Å². The van der Waals surface area contributed by atoms with Gasteiger partial charge in [-0.25, -0.2) is 0 Å². The SMILES string of the molecule is CC1=C2CCN(CC(=O)c3ccc(Br)cc3)CC2c2ccccc21. The van der Waals surface area contributed by atoms with Crippen molar-refractivity contribution in [2.24, 2.45) is 0 Å². The van der Waals surface area contributed by atoms with Gasteiger partial charge in [0.1, 0.15) is 0 Å². The first-order valence-corrected chi connectivity index (χ1v) is 9.23. The highest BCUT2D eigenvalue weighted by Crippen LogP contribution is 2.45. The number of halogens is 1. The fraction of sp³-hybridized carbons (Fsp3) is 0.286. The van der Waals surface area contributed by atoms with Crippen LogP contribution in [0.2, 0.25) is 0 Å². The van der Waals surface area contributed by atoms with Gasteiger partial charge in [0.15, 0.2) is 5.78 Å². The lowest BCUT2D eigenvalue weighted by molar-refractivity contribution is 0.0920. The zero-order chi connectivity index (χ0) is 16.7. The number of likely N-dealkylation sites (tertiary alicyclic amines) is 1. The second kappa shape index (κ2) is 6.30. The molecule has 2 aromatic rings. The number of hydrogen-bond acceptors (Lipinski definition) is 2. The molecule has 24 heavy (non-hydrogen) atoms. The summed E-state index contributed by atoms with van der Waals surface area (Å²) in [5.41, 5.74) is 6.66. The molecule has 1 saturated heterocycles. The molecular weight excluding hydrogens is 362 g/mol. The van der Waals surface area contributed by atoms with Crippen LogP contribution < -0.4 is 0 Å². The van der Waals surface area contributed by atoms with Crippen molar-refractivity contribution in [2.75, 3.05) is 19.6 Å². The number of carbonyl (C=O) groups excluding carboxylic acids is 1. The van der Waals surface area contributed by atoms with Crippen molar-refractivity contribution in [3.63, 3.8) is 0 Å².